The molecular weight excluding hydrogens is 300 g/mol. The van der Waals surface area contributed by atoms with Gasteiger partial charge in [0.15, 0.2) is 5.96 Å². The topological polar surface area (TPSA) is 56.7 Å². The summed E-state index contributed by atoms with van der Waals surface area (Å²) in [4.78, 5) is 18.0. The summed E-state index contributed by atoms with van der Waals surface area (Å²) in [7, 11) is 3.55. The van der Waals surface area contributed by atoms with Crippen molar-refractivity contribution in [3.05, 3.63) is 0 Å². The van der Waals surface area contributed by atoms with E-state index >= 15 is 0 Å². The summed E-state index contributed by atoms with van der Waals surface area (Å²) in [6.07, 6.45) is 10.4. The monoisotopic (exact) mass is 336 g/mol. The lowest BCUT2D eigenvalue weighted by Gasteiger charge is -2.33. The first kappa shape index (κ1) is 19.1. The van der Waals surface area contributed by atoms with Gasteiger partial charge in [0.1, 0.15) is 6.54 Å². The molecule has 24 heavy (non-hydrogen) atoms. The minimum atomic E-state index is 0.0394. The van der Waals surface area contributed by atoms with Gasteiger partial charge in [0.05, 0.1) is 0 Å². The van der Waals surface area contributed by atoms with Crippen LogP contribution in [-0.2, 0) is 4.79 Å². The Morgan fingerprint density at radius 2 is 1.67 bits per heavy atom. The van der Waals surface area contributed by atoms with Crippen LogP contribution in [0.1, 0.15) is 65.2 Å². The second-order valence-electron chi connectivity index (χ2n) is 8.40. The van der Waals surface area contributed by atoms with Crippen molar-refractivity contribution < 1.29 is 4.79 Å². The number of nitrogens with zero attached hydrogens (tertiary/aromatic N) is 2. The van der Waals surface area contributed by atoms with Crippen molar-refractivity contribution in [2.45, 2.75) is 71.3 Å². The molecule has 0 aliphatic heterocycles. The first-order valence-corrected chi connectivity index (χ1v) is 9.63. The predicted molar refractivity (Wildman–Crippen MR) is 100 cm³/mol. The number of carbonyl (C=O) groups excluding carboxylic acids is 1. The molecule has 0 spiro atoms. The lowest BCUT2D eigenvalue weighted by Crippen LogP contribution is -2.47. The van der Waals surface area contributed by atoms with Crippen molar-refractivity contribution in [1.29, 1.82) is 0 Å². The van der Waals surface area contributed by atoms with Crippen LogP contribution in [0.25, 0.3) is 0 Å². The number of guanidine groups is 1. The SMILES string of the molecule is CN(C)C(=O)CN=C(NCC(C)(C)C1CCCC1)NC1CCCC1. The lowest BCUT2D eigenvalue weighted by molar-refractivity contribution is -0.127. The molecular formula is C19H36N4O. The molecule has 2 rings (SSSR count). The minimum Gasteiger partial charge on any atom is -0.356 e. The second-order valence-corrected chi connectivity index (χ2v) is 8.40. The van der Waals surface area contributed by atoms with Gasteiger partial charge < -0.3 is 15.5 Å². The summed E-state index contributed by atoms with van der Waals surface area (Å²) in [5.74, 6) is 1.64. The molecule has 138 valence electrons. The van der Waals surface area contributed by atoms with E-state index in [1.807, 2.05) is 0 Å². The molecule has 0 saturated heterocycles. The summed E-state index contributed by atoms with van der Waals surface area (Å²) in [6.45, 7) is 5.83. The van der Waals surface area contributed by atoms with E-state index in [0.717, 1.165) is 18.4 Å². The van der Waals surface area contributed by atoms with Crippen molar-refractivity contribution in [3.63, 3.8) is 0 Å². The number of amides is 1. The quantitative estimate of drug-likeness (QED) is 0.579. The Kier molecular flexibility index (Phi) is 6.93. The highest BCUT2D eigenvalue weighted by atomic mass is 16.2. The van der Waals surface area contributed by atoms with Crippen LogP contribution >= 0.6 is 0 Å². The average molecular weight is 337 g/mol. The molecule has 2 saturated carbocycles. The first-order valence-electron chi connectivity index (χ1n) is 9.63. The van der Waals surface area contributed by atoms with Crippen LogP contribution in [0.15, 0.2) is 4.99 Å². The van der Waals surface area contributed by atoms with Gasteiger partial charge in [0.2, 0.25) is 5.91 Å². The Bertz CT molecular complexity index is 433. The summed E-state index contributed by atoms with van der Waals surface area (Å²) >= 11 is 0. The Morgan fingerprint density at radius 3 is 2.25 bits per heavy atom. The van der Waals surface area contributed by atoms with Crippen LogP contribution in [0.4, 0.5) is 0 Å². The van der Waals surface area contributed by atoms with Crippen LogP contribution in [-0.4, -0.2) is 50.0 Å². The molecule has 1 amide bonds. The fourth-order valence-electron chi connectivity index (χ4n) is 3.87. The number of likely N-dealkylation sites (N-methyl/N-ethyl adjacent to an activating group) is 1. The first-order chi connectivity index (χ1) is 11.4. The average Bonchev–Trinajstić information content (AvgIpc) is 3.22. The molecule has 0 bridgehead atoms. The number of hydrogen-bond acceptors (Lipinski definition) is 2. The van der Waals surface area contributed by atoms with Crippen molar-refractivity contribution in [3.8, 4) is 0 Å². The third-order valence-electron chi connectivity index (χ3n) is 5.74. The highest BCUT2D eigenvalue weighted by Gasteiger charge is 2.32. The number of aliphatic imine (C=N–C) groups is 1. The normalized spacial score (nSPS) is 20.4. The summed E-state index contributed by atoms with van der Waals surface area (Å²) in [5, 5.41) is 7.07. The van der Waals surface area contributed by atoms with E-state index in [0.29, 0.717) is 6.04 Å². The fraction of sp³-hybridized carbons (Fsp3) is 0.895. The van der Waals surface area contributed by atoms with Gasteiger partial charge in [0, 0.05) is 26.7 Å². The van der Waals surface area contributed by atoms with Gasteiger partial charge in [-0.3, -0.25) is 4.79 Å². The van der Waals surface area contributed by atoms with E-state index in [2.05, 4.69) is 29.5 Å². The molecule has 0 radical (unpaired) electrons. The maximum Gasteiger partial charge on any atom is 0.243 e. The predicted octanol–water partition coefficient (Wildman–Crippen LogP) is 2.77. The standard InChI is InChI=1S/C19H36N4O/c1-19(2,15-9-5-6-10-15)14-21-18(20-13-17(24)23(3)4)22-16-11-7-8-12-16/h15-16H,5-14H2,1-4H3,(H2,20,21,22). The third-order valence-corrected chi connectivity index (χ3v) is 5.74. The van der Waals surface area contributed by atoms with Gasteiger partial charge in [-0.15, -0.1) is 0 Å². The van der Waals surface area contributed by atoms with Crippen LogP contribution in [0, 0.1) is 11.3 Å². The van der Waals surface area contributed by atoms with Gasteiger partial charge in [-0.2, -0.15) is 0 Å². The Morgan fingerprint density at radius 1 is 1.08 bits per heavy atom. The van der Waals surface area contributed by atoms with Crippen LogP contribution in [0.5, 0.6) is 0 Å². The molecule has 0 aromatic heterocycles. The van der Waals surface area contributed by atoms with Crippen LogP contribution in [0.3, 0.4) is 0 Å². The molecule has 0 aromatic rings. The zero-order valence-corrected chi connectivity index (χ0v) is 16.0. The molecule has 2 fully saturated rings. The summed E-state index contributed by atoms with van der Waals surface area (Å²) in [5.41, 5.74) is 0.264. The maximum absolute atomic E-state index is 11.9. The molecule has 0 atom stereocenters. The molecule has 2 aliphatic rings. The Labute approximate surface area is 147 Å². The van der Waals surface area contributed by atoms with Crippen molar-refractivity contribution >= 4 is 11.9 Å². The van der Waals surface area contributed by atoms with Gasteiger partial charge in [0.25, 0.3) is 0 Å². The Balaban J connectivity index is 1.93. The molecule has 5 nitrogen and oxygen atoms in total. The van der Waals surface area contributed by atoms with Gasteiger partial charge in [-0.1, -0.05) is 39.5 Å². The van der Waals surface area contributed by atoms with Crippen LogP contribution in [0.2, 0.25) is 0 Å². The Hall–Kier alpha value is -1.26. The highest BCUT2D eigenvalue weighted by Crippen LogP contribution is 2.38. The molecule has 0 heterocycles. The van der Waals surface area contributed by atoms with Crippen molar-refractivity contribution in [2.75, 3.05) is 27.2 Å². The minimum absolute atomic E-state index is 0.0394. The smallest absolute Gasteiger partial charge is 0.243 e. The summed E-state index contributed by atoms with van der Waals surface area (Å²) in [6, 6.07) is 0.500. The fourth-order valence-corrected chi connectivity index (χ4v) is 3.87. The van der Waals surface area contributed by atoms with E-state index in [1.165, 1.54) is 51.4 Å². The zero-order valence-electron chi connectivity index (χ0n) is 16.0. The van der Waals surface area contributed by atoms with Crippen molar-refractivity contribution in [1.82, 2.24) is 15.5 Å². The van der Waals surface area contributed by atoms with E-state index in [4.69, 9.17) is 0 Å². The summed E-state index contributed by atoms with van der Waals surface area (Å²) < 4.78 is 0. The molecule has 2 N–H and O–H groups in total. The van der Waals surface area contributed by atoms with E-state index < -0.39 is 0 Å². The molecule has 5 heteroatoms. The van der Waals surface area contributed by atoms with E-state index in [9.17, 15) is 4.79 Å². The van der Waals surface area contributed by atoms with Gasteiger partial charge in [-0.05, 0) is 37.0 Å². The second kappa shape index (κ2) is 8.72. The van der Waals surface area contributed by atoms with Crippen LogP contribution < -0.4 is 10.6 Å². The number of carbonyl (C=O) groups is 1. The number of rotatable bonds is 6. The maximum atomic E-state index is 11.9. The molecule has 0 aromatic carbocycles. The number of nitrogens with one attached hydrogen (secondary N) is 2. The van der Waals surface area contributed by atoms with Gasteiger partial charge in [-0.25, -0.2) is 4.99 Å². The van der Waals surface area contributed by atoms with E-state index in [-0.39, 0.29) is 17.9 Å². The van der Waals surface area contributed by atoms with E-state index in [1.54, 1.807) is 19.0 Å². The molecule has 2 aliphatic carbocycles. The lowest BCUT2D eigenvalue weighted by atomic mass is 9.78. The zero-order chi connectivity index (χ0) is 17.6. The number of hydrogen-bond donors (Lipinski definition) is 2. The highest BCUT2D eigenvalue weighted by molar-refractivity contribution is 5.85. The van der Waals surface area contributed by atoms with Gasteiger partial charge >= 0.3 is 0 Å². The van der Waals surface area contributed by atoms with Crippen molar-refractivity contribution in [2.24, 2.45) is 16.3 Å². The molecule has 0 unspecified atom stereocenters. The largest absolute Gasteiger partial charge is 0.356 e. The third kappa shape index (κ3) is 5.67.